The average Bonchev–Trinajstić information content (AvgIpc) is 3.05. The zero-order chi connectivity index (χ0) is 17.0. The lowest BCUT2D eigenvalue weighted by molar-refractivity contribution is -0.0147. The first-order valence-corrected chi connectivity index (χ1v) is 10.1. The highest BCUT2D eigenvalue weighted by molar-refractivity contribution is 6.31. The van der Waals surface area contributed by atoms with Gasteiger partial charge in [0.1, 0.15) is 11.5 Å². The molecule has 4 fully saturated rings. The van der Waals surface area contributed by atoms with E-state index in [1.165, 1.54) is 32.1 Å². The molecule has 6 rings (SSSR count). The van der Waals surface area contributed by atoms with E-state index < -0.39 is 0 Å². The number of hydrogen-bond donors (Lipinski definition) is 1. The Balaban J connectivity index is 1.26. The normalized spacial score (nSPS) is 33.1. The van der Waals surface area contributed by atoms with Gasteiger partial charge in [-0.3, -0.25) is 0 Å². The maximum atomic E-state index is 6.25. The van der Waals surface area contributed by atoms with E-state index in [1.807, 2.05) is 19.1 Å². The molecule has 0 amide bonds. The molecular weight excluding hydrogens is 330 g/mol. The van der Waals surface area contributed by atoms with E-state index in [0.29, 0.717) is 6.04 Å². The molecule has 1 heterocycles. The molecule has 0 saturated heterocycles. The molecule has 0 spiro atoms. The fourth-order valence-corrected chi connectivity index (χ4v) is 6.03. The van der Waals surface area contributed by atoms with Gasteiger partial charge in [-0.15, -0.1) is 0 Å². The number of benzene rings is 1. The van der Waals surface area contributed by atoms with E-state index >= 15 is 0 Å². The van der Waals surface area contributed by atoms with Gasteiger partial charge in [0.25, 0.3) is 0 Å². The fourth-order valence-electron chi connectivity index (χ4n) is 5.85. The van der Waals surface area contributed by atoms with Gasteiger partial charge in [0.15, 0.2) is 0 Å². The van der Waals surface area contributed by atoms with Crippen molar-refractivity contribution in [2.75, 3.05) is 0 Å². The van der Waals surface area contributed by atoms with E-state index in [-0.39, 0.29) is 0 Å². The lowest BCUT2D eigenvalue weighted by Gasteiger charge is -2.54. The molecule has 4 bridgehead atoms. The van der Waals surface area contributed by atoms with Crippen LogP contribution in [0.15, 0.2) is 34.7 Å². The van der Waals surface area contributed by atoms with Crippen molar-refractivity contribution in [2.45, 2.75) is 51.6 Å². The first-order valence-electron chi connectivity index (χ1n) is 9.74. The molecule has 0 aliphatic heterocycles. The molecule has 0 radical (unpaired) electrons. The predicted molar refractivity (Wildman–Crippen MR) is 102 cm³/mol. The summed E-state index contributed by atoms with van der Waals surface area (Å²) in [6.07, 6.45) is 7.33. The molecule has 25 heavy (non-hydrogen) atoms. The van der Waals surface area contributed by atoms with Gasteiger partial charge in [0.2, 0.25) is 0 Å². The minimum atomic E-state index is 0.704. The summed E-state index contributed by atoms with van der Waals surface area (Å²) in [7, 11) is 0. The molecule has 0 atom stereocenters. The minimum Gasteiger partial charge on any atom is -0.460 e. The van der Waals surface area contributed by atoms with E-state index in [0.717, 1.165) is 57.9 Å². The first kappa shape index (κ1) is 16.0. The van der Waals surface area contributed by atoms with Crippen molar-refractivity contribution in [3.05, 3.63) is 46.7 Å². The summed E-state index contributed by atoms with van der Waals surface area (Å²) < 4.78 is 6.09. The number of hydrogen-bond acceptors (Lipinski definition) is 2. The monoisotopic (exact) mass is 355 g/mol. The number of furan rings is 1. The third-order valence-corrected chi connectivity index (χ3v) is 7.26. The molecule has 1 N–H and O–H groups in total. The van der Waals surface area contributed by atoms with Crippen molar-refractivity contribution in [1.29, 1.82) is 0 Å². The van der Waals surface area contributed by atoms with Crippen LogP contribution in [-0.2, 0) is 6.54 Å². The molecule has 3 heteroatoms. The summed E-state index contributed by atoms with van der Waals surface area (Å²) in [5, 5.41) is 4.64. The Kier molecular flexibility index (Phi) is 3.94. The van der Waals surface area contributed by atoms with E-state index in [2.05, 4.69) is 23.5 Å². The predicted octanol–water partition coefficient (Wildman–Crippen LogP) is 5.82. The second kappa shape index (κ2) is 6.17. The molecule has 1 aromatic carbocycles. The first-order chi connectivity index (χ1) is 12.2. The quantitative estimate of drug-likeness (QED) is 0.747. The smallest absolute Gasteiger partial charge is 0.134 e. The number of halogens is 1. The van der Waals surface area contributed by atoms with Gasteiger partial charge in [-0.2, -0.15) is 0 Å². The zero-order valence-electron chi connectivity index (χ0n) is 14.8. The molecule has 1 aromatic heterocycles. The third-order valence-electron chi connectivity index (χ3n) is 6.86. The Morgan fingerprint density at radius 3 is 2.40 bits per heavy atom. The Morgan fingerprint density at radius 2 is 1.72 bits per heavy atom. The van der Waals surface area contributed by atoms with E-state index in [9.17, 15) is 0 Å². The van der Waals surface area contributed by atoms with Crippen LogP contribution in [0.1, 0.15) is 43.4 Å². The van der Waals surface area contributed by atoms with Crippen LogP contribution in [-0.4, -0.2) is 6.04 Å². The second-order valence-corrected chi connectivity index (χ2v) is 8.97. The van der Waals surface area contributed by atoms with Gasteiger partial charge in [-0.05, 0) is 86.5 Å². The Bertz CT molecular complexity index is 752. The van der Waals surface area contributed by atoms with Crippen molar-refractivity contribution < 1.29 is 4.42 Å². The molecule has 2 aromatic rings. The molecule has 0 unspecified atom stereocenters. The maximum absolute atomic E-state index is 6.25. The van der Waals surface area contributed by atoms with Gasteiger partial charge in [0.05, 0.1) is 6.54 Å². The summed E-state index contributed by atoms with van der Waals surface area (Å²) in [6.45, 7) is 2.86. The summed E-state index contributed by atoms with van der Waals surface area (Å²) in [4.78, 5) is 0. The van der Waals surface area contributed by atoms with Crippen molar-refractivity contribution >= 4 is 11.6 Å². The van der Waals surface area contributed by atoms with Crippen LogP contribution in [0.5, 0.6) is 0 Å². The summed E-state index contributed by atoms with van der Waals surface area (Å²) in [6, 6.07) is 11.0. The Morgan fingerprint density at radius 1 is 1.00 bits per heavy atom. The van der Waals surface area contributed by atoms with Crippen molar-refractivity contribution in [2.24, 2.45) is 23.7 Å². The van der Waals surface area contributed by atoms with Crippen molar-refractivity contribution in [3.63, 3.8) is 0 Å². The van der Waals surface area contributed by atoms with Gasteiger partial charge in [0, 0.05) is 16.6 Å². The Labute approximate surface area is 154 Å². The van der Waals surface area contributed by atoms with E-state index in [4.69, 9.17) is 16.0 Å². The molecule has 132 valence electrons. The van der Waals surface area contributed by atoms with Crippen LogP contribution in [0.2, 0.25) is 5.02 Å². The fraction of sp³-hybridized carbons (Fsp3) is 0.545. The lowest BCUT2D eigenvalue weighted by atomic mass is 9.54. The summed E-state index contributed by atoms with van der Waals surface area (Å²) in [5.41, 5.74) is 2.15. The maximum Gasteiger partial charge on any atom is 0.134 e. The molecular formula is C22H26ClNO. The van der Waals surface area contributed by atoms with Crippen molar-refractivity contribution in [1.82, 2.24) is 5.32 Å². The zero-order valence-corrected chi connectivity index (χ0v) is 15.6. The second-order valence-electron chi connectivity index (χ2n) is 8.57. The van der Waals surface area contributed by atoms with Crippen LogP contribution < -0.4 is 5.32 Å². The highest BCUT2D eigenvalue weighted by Gasteiger charge is 2.47. The van der Waals surface area contributed by atoms with Gasteiger partial charge in [-0.25, -0.2) is 0 Å². The highest BCUT2D eigenvalue weighted by atomic mass is 35.5. The largest absolute Gasteiger partial charge is 0.460 e. The Hall–Kier alpha value is -1.25. The SMILES string of the molecule is Cc1ccc(-c2ccc(CNC3C4CC5CC(C4)CC3C5)o2)cc1Cl. The third kappa shape index (κ3) is 2.94. The minimum absolute atomic E-state index is 0.704. The van der Waals surface area contributed by atoms with Gasteiger partial charge >= 0.3 is 0 Å². The molecule has 4 aliphatic rings. The van der Waals surface area contributed by atoms with Gasteiger partial charge in [-0.1, -0.05) is 23.7 Å². The highest BCUT2D eigenvalue weighted by Crippen LogP contribution is 2.53. The molecule has 4 saturated carbocycles. The van der Waals surface area contributed by atoms with Crippen LogP contribution in [0.3, 0.4) is 0 Å². The van der Waals surface area contributed by atoms with Crippen LogP contribution in [0.25, 0.3) is 11.3 Å². The lowest BCUT2D eigenvalue weighted by Crippen LogP contribution is -2.54. The average molecular weight is 356 g/mol. The van der Waals surface area contributed by atoms with Crippen LogP contribution >= 0.6 is 11.6 Å². The summed E-state index contributed by atoms with van der Waals surface area (Å²) >= 11 is 6.25. The standard InChI is InChI=1S/C22H26ClNO/c1-13-2-3-16(11-20(13)23)21-5-4-19(25-21)12-24-22-17-7-14-6-15(9-17)10-18(22)8-14/h2-5,11,14-15,17-18,22,24H,6-10,12H2,1H3. The van der Waals surface area contributed by atoms with E-state index in [1.54, 1.807) is 0 Å². The van der Waals surface area contributed by atoms with Crippen LogP contribution in [0.4, 0.5) is 0 Å². The van der Waals surface area contributed by atoms with Gasteiger partial charge < -0.3 is 9.73 Å². The number of rotatable bonds is 4. The molecule has 2 nitrogen and oxygen atoms in total. The molecule has 4 aliphatic carbocycles. The van der Waals surface area contributed by atoms with Crippen molar-refractivity contribution in [3.8, 4) is 11.3 Å². The summed E-state index contributed by atoms with van der Waals surface area (Å²) in [5.74, 6) is 5.80. The number of aryl methyl sites for hydroxylation is 1. The van der Waals surface area contributed by atoms with Crippen LogP contribution in [0, 0.1) is 30.6 Å². The number of nitrogens with one attached hydrogen (secondary N) is 1. The topological polar surface area (TPSA) is 25.2 Å².